The topological polar surface area (TPSA) is 39.1 Å². The van der Waals surface area contributed by atoms with Gasteiger partial charge in [0.1, 0.15) is 5.82 Å². The smallest absolute Gasteiger partial charge is 0.128 e. The van der Waals surface area contributed by atoms with Gasteiger partial charge in [-0.2, -0.15) is 0 Å². The minimum Gasteiger partial charge on any atom is -0.376 e. The van der Waals surface area contributed by atoms with Gasteiger partial charge >= 0.3 is 0 Å². The highest BCUT2D eigenvalue weighted by atomic mass is 16.5. The molecule has 0 spiro atoms. The van der Waals surface area contributed by atoms with Gasteiger partial charge in [0, 0.05) is 26.0 Å². The Bertz CT molecular complexity index is 350. The van der Waals surface area contributed by atoms with Crippen molar-refractivity contribution in [2.75, 3.05) is 13.7 Å². The molecule has 0 fully saturated rings. The third kappa shape index (κ3) is 3.37. The van der Waals surface area contributed by atoms with E-state index >= 15 is 0 Å². The molecule has 1 unspecified atom stereocenters. The molecule has 0 saturated carbocycles. The number of aryl methyl sites for hydroxylation is 1. The van der Waals surface area contributed by atoms with Crippen LogP contribution in [0, 0.1) is 0 Å². The number of aromatic nitrogens is 2. The van der Waals surface area contributed by atoms with Crippen LogP contribution in [0.15, 0.2) is 12.4 Å². The maximum Gasteiger partial charge on any atom is 0.128 e. The third-order valence-corrected chi connectivity index (χ3v) is 4.01. The number of imidazole rings is 1. The van der Waals surface area contributed by atoms with Crippen LogP contribution in [-0.4, -0.2) is 28.8 Å². The van der Waals surface area contributed by atoms with Crippen molar-refractivity contribution in [3.05, 3.63) is 18.2 Å². The number of methoxy groups -OCH3 is 1. The number of hydrogen-bond acceptors (Lipinski definition) is 3. The second-order valence-corrected chi connectivity index (χ2v) is 4.95. The van der Waals surface area contributed by atoms with Crippen LogP contribution in [0.5, 0.6) is 0 Å². The maximum atomic E-state index is 5.89. The van der Waals surface area contributed by atoms with E-state index in [-0.39, 0.29) is 11.6 Å². The zero-order valence-corrected chi connectivity index (χ0v) is 13.1. The second-order valence-electron chi connectivity index (χ2n) is 4.95. The minimum absolute atomic E-state index is 0.138. The molecule has 0 amide bonds. The fraction of sp³-hybridized carbons (Fsp3) is 0.800. The number of nitrogens with zero attached hydrogens (tertiary/aromatic N) is 2. The molecule has 19 heavy (non-hydrogen) atoms. The molecule has 1 rings (SSSR count). The monoisotopic (exact) mass is 267 g/mol. The van der Waals surface area contributed by atoms with Gasteiger partial charge in [0.15, 0.2) is 0 Å². The fourth-order valence-corrected chi connectivity index (χ4v) is 2.79. The molecule has 0 bridgehead atoms. The van der Waals surface area contributed by atoms with Crippen molar-refractivity contribution in [1.82, 2.24) is 14.9 Å². The summed E-state index contributed by atoms with van der Waals surface area (Å²) in [6.45, 7) is 10.6. The molecule has 1 aromatic heterocycles. The second kappa shape index (κ2) is 7.65. The van der Waals surface area contributed by atoms with E-state index in [0.29, 0.717) is 0 Å². The van der Waals surface area contributed by atoms with Crippen molar-refractivity contribution in [2.24, 2.45) is 0 Å². The highest BCUT2D eigenvalue weighted by Gasteiger charge is 2.38. The summed E-state index contributed by atoms with van der Waals surface area (Å²) in [5, 5.41) is 3.57. The average molecular weight is 267 g/mol. The lowest BCUT2D eigenvalue weighted by molar-refractivity contribution is -0.0512. The predicted octanol–water partition coefficient (Wildman–Crippen LogP) is 3.15. The minimum atomic E-state index is -0.188. The van der Waals surface area contributed by atoms with Crippen LogP contribution in [0.3, 0.4) is 0 Å². The van der Waals surface area contributed by atoms with Gasteiger partial charge in [-0.25, -0.2) is 4.98 Å². The van der Waals surface area contributed by atoms with E-state index < -0.39 is 0 Å². The Labute approximate surface area is 117 Å². The number of hydrogen-bond donors (Lipinski definition) is 1. The molecule has 0 aliphatic carbocycles. The molecule has 0 saturated heterocycles. The van der Waals surface area contributed by atoms with Crippen molar-refractivity contribution in [3.63, 3.8) is 0 Å². The van der Waals surface area contributed by atoms with Gasteiger partial charge in [-0.3, -0.25) is 0 Å². The van der Waals surface area contributed by atoms with Gasteiger partial charge in [-0.15, -0.1) is 0 Å². The number of nitrogens with one attached hydrogen (secondary N) is 1. The standard InChI is InChI=1S/C15H29N3O/c1-6-11-18-12-10-17-14(18)13(16-9-4)15(7-2,8-3)19-5/h10,12-13,16H,6-9,11H2,1-5H3. The Kier molecular flexibility index (Phi) is 6.52. The van der Waals surface area contributed by atoms with Crippen molar-refractivity contribution in [2.45, 2.75) is 65.1 Å². The summed E-state index contributed by atoms with van der Waals surface area (Å²) in [4.78, 5) is 4.58. The summed E-state index contributed by atoms with van der Waals surface area (Å²) >= 11 is 0. The summed E-state index contributed by atoms with van der Waals surface area (Å²) in [6.07, 6.45) is 7.00. The van der Waals surface area contributed by atoms with Gasteiger partial charge in [0.05, 0.1) is 11.6 Å². The lowest BCUT2D eigenvalue weighted by Gasteiger charge is -2.38. The van der Waals surface area contributed by atoms with Crippen LogP contribution >= 0.6 is 0 Å². The first kappa shape index (κ1) is 16.2. The Balaban J connectivity index is 3.14. The first-order chi connectivity index (χ1) is 9.18. The van der Waals surface area contributed by atoms with E-state index in [1.807, 2.05) is 13.3 Å². The summed E-state index contributed by atoms with van der Waals surface area (Å²) in [5.74, 6) is 1.09. The van der Waals surface area contributed by atoms with Crippen LogP contribution in [0.4, 0.5) is 0 Å². The van der Waals surface area contributed by atoms with Crippen LogP contribution in [-0.2, 0) is 11.3 Å². The summed E-state index contributed by atoms with van der Waals surface area (Å²) in [5.41, 5.74) is -0.188. The maximum absolute atomic E-state index is 5.89. The Morgan fingerprint density at radius 3 is 2.47 bits per heavy atom. The molecule has 1 N–H and O–H groups in total. The lowest BCUT2D eigenvalue weighted by Crippen LogP contribution is -2.46. The molecule has 1 atom stereocenters. The molecule has 4 heteroatoms. The molecule has 0 radical (unpaired) electrons. The highest BCUT2D eigenvalue weighted by molar-refractivity contribution is 5.08. The normalized spacial score (nSPS) is 13.7. The average Bonchev–Trinajstić information content (AvgIpc) is 2.88. The summed E-state index contributed by atoms with van der Waals surface area (Å²) < 4.78 is 8.13. The van der Waals surface area contributed by atoms with Crippen LogP contribution in [0.1, 0.15) is 58.8 Å². The molecular weight excluding hydrogens is 238 g/mol. The molecular formula is C15H29N3O. The fourth-order valence-electron chi connectivity index (χ4n) is 2.79. The van der Waals surface area contributed by atoms with Gasteiger partial charge in [0.25, 0.3) is 0 Å². The number of rotatable bonds is 9. The molecule has 1 heterocycles. The highest BCUT2D eigenvalue weighted by Crippen LogP contribution is 2.34. The lowest BCUT2D eigenvalue weighted by atomic mass is 9.87. The van der Waals surface area contributed by atoms with Crippen molar-refractivity contribution in [1.29, 1.82) is 0 Å². The largest absolute Gasteiger partial charge is 0.376 e. The first-order valence-corrected chi connectivity index (χ1v) is 7.48. The Morgan fingerprint density at radius 1 is 1.32 bits per heavy atom. The number of ether oxygens (including phenoxy) is 1. The van der Waals surface area contributed by atoms with Gasteiger partial charge in [-0.1, -0.05) is 27.7 Å². The molecule has 4 nitrogen and oxygen atoms in total. The third-order valence-electron chi connectivity index (χ3n) is 4.01. The van der Waals surface area contributed by atoms with E-state index in [9.17, 15) is 0 Å². The first-order valence-electron chi connectivity index (χ1n) is 7.48. The van der Waals surface area contributed by atoms with Crippen molar-refractivity contribution >= 4 is 0 Å². The zero-order chi connectivity index (χ0) is 14.3. The van der Waals surface area contributed by atoms with E-state index in [0.717, 1.165) is 38.2 Å². The zero-order valence-electron chi connectivity index (χ0n) is 13.1. The van der Waals surface area contributed by atoms with Crippen LogP contribution in [0.2, 0.25) is 0 Å². The van der Waals surface area contributed by atoms with Gasteiger partial charge in [0.2, 0.25) is 0 Å². The van der Waals surface area contributed by atoms with E-state index in [1.165, 1.54) is 0 Å². The molecule has 110 valence electrons. The summed E-state index contributed by atoms with van der Waals surface area (Å²) in [6, 6.07) is 0.138. The Hall–Kier alpha value is -0.870. The molecule has 1 aromatic rings. The van der Waals surface area contributed by atoms with Crippen LogP contribution in [0.25, 0.3) is 0 Å². The van der Waals surface area contributed by atoms with Crippen molar-refractivity contribution < 1.29 is 4.74 Å². The van der Waals surface area contributed by atoms with E-state index in [2.05, 4.69) is 48.8 Å². The van der Waals surface area contributed by atoms with Crippen molar-refractivity contribution in [3.8, 4) is 0 Å². The van der Waals surface area contributed by atoms with E-state index in [1.54, 1.807) is 0 Å². The van der Waals surface area contributed by atoms with Gasteiger partial charge in [-0.05, 0) is 25.8 Å². The Morgan fingerprint density at radius 2 is 2.00 bits per heavy atom. The van der Waals surface area contributed by atoms with E-state index in [4.69, 9.17) is 4.74 Å². The number of likely N-dealkylation sites (N-methyl/N-ethyl adjacent to an activating group) is 1. The molecule has 0 aromatic carbocycles. The predicted molar refractivity (Wildman–Crippen MR) is 79.3 cm³/mol. The molecule has 0 aliphatic rings. The SMILES string of the molecule is CCCn1ccnc1C(NCC)C(CC)(CC)OC. The van der Waals surface area contributed by atoms with Gasteiger partial charge < -0.3 is 14.6 Å². The quantitative estimate of drug-likeness (QED) is 0.747. The molecule has 0 aliphatic heterocycles. The van der Waals surface area contributed by atoms with Crippen LogP contribution < -0.4 is 5.32 Å². The summed E-state index contributed by atoms with van der Waals surface area (Å²) in [7, 11) is 1.81.